The minimum atomic E-state index is 0.758. The number of rotatable bonds is 7. The van der Waals surface area contributed by atoms with Gasteiger partial charge in [-0.2, -0.15) is 0 Å². The van der Waals surface area contributed by atoms with Crippen LogP contribution in [0.3, 0.4) is 0 Å². The summed E-state index contributed by atoms with van der Waals surface area (Å²) in [6.07, 6.45) is 6.73. The van der Waals surface area contributed by atoms with Crippen LogP contribution in [0, 0.1) is 5.92 Å². The molecule has 0 aromatic carbocycles. The molecule has 0 aliphatic carbocycles. The second-order valence-corrected chi connectivity index (χ2v) is 4.10. The summed E-state index contributed by atoms with van der Waals surface area (Å²) in [5.74, 6) is 0.865. The van der Waals surface area contributed by atoms with Gasteiger partial charge < -0.3 is 5.32 Å². The van der Waals surface area contributed by atoms with Gasteiger partial charge in [-0.15, -0.1) is 0 Å². The summed E-state index contributed by atoms with van der Waals surface area (Å²) in [4.78, 5) is 0. The van der Waals surface area contributed by atoms with Crippen molar-refractivity contribution < 1.29 is 0 Å². The van der Waals surface area contributed by atoms with Gasteiger partial charge in [0.05, 0.1) is 0 Å². The van der Waals surface area contributed by atoms with E-state index in [1.54, 1.807) is 0 Å². The van der Waals surface area contributed by atoms with Gasteiger partial charge in [0.25, 0.3) is 0 Å². The van der Waals surface area contributed by atoms with Crippen molar-refractivity contribution in [2.45, 2.75) is 58.9 Å². The van der Waals surface area contributed by atoms with Crippen LogP contribution in [0.1, 0.15) is 52.9 Å². The number of hydrogen-bond acceptors (Lipinski definition) is 1. The second-order valence-electron chi connectivity index (χ2n) is 4.10. The van der Waals surface area contributed by atoms with E-state index in [2.05, 4.69) is 33.1 Å². The van der Waals surface area contributed by atoms with Crippen LogP contribution in [0.4, 0.5) is 0 Å². The summed E-state index contributed by atoms with van der Waals surface area (Å²) in [6, 6.07) is 0.758. The Bertz CT molecular complexity index is 89.0. The number of nitrogens with one attached hydrogen (secondary N) is 1. The van der Waals surface area contributed by atoms with Crippen LogP contribution in [0.15, 0.2) is 0 Å². The topological polar surface area (TPSA) is 12.0 Å². The van der Waals surface area contributed by atoms with Gasteiger partial charge in [-0.1, -0.05) is 40.0 Å². The van der Waals surface area contributed by atoms with Crippen LogP contribution in [-0.4, -0.2) is 13.1 Å². The molecule has 0 spiro atoms. The van der Waals surface area contributed by atoms with Gasteiger partial charge in [-0.3, -0.25) is 0 Å². The van der Waals surface area contributed by atoms with E-state index in [9.17, 15) is 0 Å². The molecule has 1 N–H and O–H groups in total. The molecule has 0 saturated carbocycles. The van der Waals surface area contributed by atoms with Crippen molar-refractivity contribution in [3.63, 3.8) is 0 Å². The third-order valence-electron chi connectivity index (χ3n) is 2.38. The highest BCUT2D eigenvalue weighted by atomic mass is 14.9. The molecule has 12 heavy (non-hydrogen) atoms. The molecule has 74 valence electrons. The maximum absolute atomic E-state index is 3.38. The summed E-state index contributed by atoms with van der Waals surface area (Å²) >= 11 is 0. The fourth-order valence-electron chi connectivity index (χ4n) is 1.55. The minimum Gasteiger partial charge on any atom is -0.317 e. The fraction of sp³-hybridized carbons (Fsp3) is 1.00. The van der Waals surface area contributed by atoms with Crippen molar-refractivity contribution in [1.82, 2.24) is 5.32 Å². The van der Waals surface area contributed by atoms with Gasteiger partial charge in [0.1, 0.15) is 0 Å². The van der Waals surface area contributed by atoms with E-state index in [0.29, 0.717) is 0 Å². The molecular weight excluding hydrogens is 146 g/mol. The lowest BCUT2D eigenvalue weighted by Gasteiger charge is -2.15. The van der Waals surface area contributed by atoms with Gasteiger partial charge >= 0.3 is 0 Å². The molecule has 0 heterocycles. The van der Waals surface area contributed by atoms with Crippen molar-refractivity contribution in [3.05, 3.63) is 0 Å². The molecule has 0 amide bonds. The lowest BCUT2D eigenvalue weighted by molar-refractivity contribution is 0.437. The third kappa shape index (κ3) is 6.66. The zero-order valence-corrected chi connectivity index (χ0v) is 9.19. The fourth-order valence-corrected chi connectivity index (χ4v) is 1.55. The monoisotopic (exact) mass is 171 g/mol. The molecule has 0 aliphatic heterocycles. The van der Waals surface area contributed by atoms with Crippen LogP contribution in [0.2, 0.25) is 0 Å². The standard InChI is InChI=1S/C11H25N/c1-5-7-11(12-4)9-6-8-10(2)3/h10-12H,5-9H2,1-4H3. The Morgan fingerprint density at radius 2 is 1.75 bits per heavy atom. The first kappa shape index (κ1) is 12.0. The maximum atomic E-state index is 3.38. The number of hydrogen-bond donors (Lipinski definition) is 1. The Hall–Kier alpha value is -0.0400. The van der Waals surface area contributed by atoms with Crippen molar-refractivity contribution in [3.8, 4) is 0 Å². The van der Waals surface area contributed by atoms with E-state index in [1.807, 2.05) is 0 Å². The van der Waals surface area contributed by atoms with Crippen LogP contribution < -0.4 is 5.32 Å². The predicted molar refractivity (Wildman–Crippen MR) is 56.4 cm³/mol. The highest BCUT2D eigenvalue weighted by Crippen LogP contribution is 2.10. The Kier molecular flexibility index (Phi) is 7.58. The highest BCUT2D eigenvalue weighted by molar-refractivity contribution is 4.63. The third-order valence-corrected chi connectivity index (χ3v) is 2.38. The van der Waals surface area contributed by atoms with Crippen molar-refractivity contribution in [2.75, 3.05) is 7.05 Å². The zero-order chi connectivity index (χ0) is 9.40. The largest absolute Gasteiger partial charge is 0.317 e. The first-order chi connectivity index (χ1) is 5.70. The van der Waals surface area contributed by atoms with E-state index in [1.165, 1.54) is 32.1 Å². The van der Waals surface area contributed by atoms with Crippen LogP contribution >= 0.6 is 0 Å². The van der Waals surface area contributed by atoms with Crippen LogP contribution in [0.5, 0.6) is 0 Å². The van der Waals surface area contributed by atoms with E-state index in [-0.39, 0.29) is 0 Å². The molecule has 1 atom stereocenters. The Morgan fingerprint density at radius 3 is 2.17 bits per heavy atom. The summed E-state index contributed by atoms with van der Waals surface area (Å²) in [5.41, 5.74) is 0. The minimum absolute atomic E-state index is 0.758. The van der Waals surface area contributed by atoms with E-state index < -0.39 is 0 Å². The molecule has 0 fully saturated rings. The van der Waals surface area contributed by atoms with Crippen molar-refractivity contribution in [1.29, 1.82) is 0 Å². The van der Waals surface area contributed by atoms with Gasteiger partial charge in [0.2, 0.25) is 0 Å². The van der Waals surface area contributed by atoms with E-state index in [4.69, 9.17) is 0 Å². The summed E-state index contributed by atoms with van der Waals surface area (Å²) in [5, 5.41) is 3.38. The molecule has 1 unspecified atom stereocenters. The van der Waals surface area contributed by atoms with E-state index in [0.717, 1.165) is 12.0 Å². The molecule has 0 rings (SSSR count). The molecule has 0 bridgehead atoms. The Balaban J connectivity index is 3.31. The lowest BCUT2D eigenvalue weighted by atomic mass is 10.0. The smallest absolute Gasteiger partial charge is 0.00639 e. The molecule has 1 heteroatoms. The van der Waals surface area contributed by atoms with Gasteiger partial charge in [-0.05, 0) is 25.8 Å². The molecular formula is C11H25N. The van der Waals surface area contributed by atoms with Crippen LogP contribution in [-0.2, 0) is 0 Å². The van der Waals surface area contributed by atoms with Gasteiger partial charge in [-0.25, -0.2) is 0 Å². The van der Waals surface area contributed by atoms with E-state index >= 15 is 0 Å². The van der Waals surface area contributed by atoms with Crippen LogP contribution in [0.25, 0.3) is 0 Å². The quantitative estimate of drug-likeness (QED) is 0.620. The summed E-state index contributed by atoms with van der Waals surface area (Å²) in [7, 11) is 2.08. The lowest BCUT2D eigenvalue weighted by Crippen LogP contribution is -2.24. The highest BCUT2D eigenvalue weighted by Gasteiger charge is 2.04. The average molecular weight is 171 g/mol. The molecule has 0 aromatic rings. The SMILES string of the molecule is CCCC(CCCC(C)C)NC. The molecule has 0 saturated heterocycles. The first-order valence-corrected chi connectivity index (χ1v) is 5.38. The summed E-state index contributed by atoms with van der Waals surface area (Å²) < 4.78 is 0. The second kappa shape index (κ2) is 7.60. The van der Waals surface area contributed by atoms with Gasteiger partial charge in [0, 0.05) is 6.04 Å². The average Bonchev–Trinajstić information content (AvgIpc) is 2.02. The molecule has 0 radical (unpaired) electrons. The van der Waals surface area contributed by atoms with Gasteiger partial charge in [0.15, 0.2) is 0 Å². The maximum Gasteiger partial charge on any atom is 0.00639 e. The van der Waals surface area contributed by atoms with Crippen molar-refractivity contribution >= 4 is 0 Å². The first-order valence-electron chi connectivity index (χ1n) is 5.38. The Morgan fingerprint density at radius 1 is 1.08 bits per heavy atom. The molecule has 1 nitrogen and oxygen atoms in total. The van der Waals surface area contributed by atoms with Crippen molar-refractivity contribution in [2.24, 2.45) is 5.92 Å². The zero-order valence-electron chi connectivity index (χ0n) is 9.19. The normalized spacial score (nSPS) is 13.8. The predicted octanol–water partition coefficient (Wildman–Crippen LogP) is 3.20. The Labute approximate surface area is 77.9 Å². The molecule has 0 aromatic heterocycles. The molecule has 0 aliphatic rings. The summed E-state index contributed by atoms with van der Waals surface area (Å²) in [6.45, 7) is 6.86.